The number of amides is 1. The number of anilines is 1. The normalized spacial score (nSPS) is 16.9. The molecule has 0 atom stereocenters. The molecule has 1 fully saturated rings. The molecule has 0 saturated carbocycles. The van der Waals surface area contributed by atoms with Crippen molar-refractivity contribution in [2.75, 3.05) is 25.0 Å². The lowest BCUT2D eigenvalue weighted by molar-refractivity contribution is -0.117. The van der Waals surface area contributed by atoms with Gasteiger partial charge in [-0.15, -0.1) is 0 Å². The van der Waals surface area contributed by atoms with Gasteiger partial charge in [-0.2, -0.15) is 0 Å². The van der Waals surface area contributed by atoms with Gasteiger partial charge in [0.2, 0.25) is 5.91 Å². The summed E-state index contributed by atoms with van der Waals surface area (Å²) in [4.78, 5) is 24.8. The van der Waals surface area contributed by atoms with E-state index in [0.717, 1.165) is 47.0 Å². The van der Waals surface area contributed by atoms with Crippen molar-refractivity contribution in [1.29, 1.82) is 0 Å². The largest absolute Gasteiger partial charge is 0.325 e. The van der Waals surface area contributed by atoms with Gasteiger partial charge in [0.1, 0.15) is 6.29 Å². The molecule has 4 nitrogen and oxygen atoms in total. The Morgan fingerprint density at radius 3 is 2.75 bits per heavy atom. The Hall–Kier alpha value is -0.950. The molecule has 0 aliphatic carbocycles. The number of nitrogens with one attached hydrogen (secondary N) is 1. The molecule has 0 spiro atoms. The number of halogens is 1. The fraction of sp³-hybridized carbons (Fsp3) is 0.467. The van der Waals surface area contributed by atoms with E-state index in [0.29, 0.717) is 6.54 Å². The Morgan fingerprint density at radius 2 is 2.15 bits per heavy atom. The third-order valence-electron chi connectivity index (χ3n) is 3.65. The molecule has 108 valence electrons. The molecule has 1 aliphatic heterocycles. The fourth-order valence-electron chi connectivity index (χ4n) is 2.41. The summed E-state index contributed by atoms with van der Waals surface area (Å²) >= 11 is 2.26. The van der Waals surface area contributed by atoms with Crippen LogP contribution in [0.15, 0.2) is 18.2 Å². The van der Waals surface area contributed by atoms with Crippen LogP contribution in [0.25, 0.3) is 0 Å². The van der Waals surface area contributed by atoms with Gasteiger partial charge in [0.25, 0.3) is 0 Å². The van der Waals surface area contributed by atoms with E-state index >= 15 is 0 Å². The molecule has 1 aromatic carbocycles. The molecule has 0 radical (unpaired) electrons. The van der Waals surface area contributed by atoms with E-state index in [1.165, 1.54) is 0 Å². The molecular formula is C15H19IN2O2. The van der Waals surface area contributed by atoms with Crippen molar-refractivity contribution in [3.63, 3.8) is 0 Å². The van der Waals surface area contributed by atoms with Gasteiger partial charge in [-0.25, -0.2) is 0 Å². The van der Waals surface area contributed by atoms with Crippen LogP contribution >= 0.6 is 22.6 Å². The molecule has 0 bridgehead atoms. The highest BCUT2D eigenvalue weighted by atomic mass is 127. The second-order valence-electron chi connectivity index (χ2n) is 5.26. The first-order chi connectivity index (χ1) is 9.58. The molecule has 20 heavy (non-hydrogen) atoms. The summed E-state index contributed by atoms with van der Waals surface area (Å²) in [5.41, 5.74) is 1.95. The minimum absolute atomic E-state index is 0.0128. The Morgan fingerprint density at radius 1 is 1.45 bits per heavy atom. The number of nitrogens with zero attached hydrogens (tertiary/aromatic N) is 1. The molecule has 5 heteroatoms. The van der Waals surface area contributed by atoms with E-state index in [1.54, 1.807) is 0 Å². The molecule has 1 amide bonds. The van der Waals surface area contributed by atoms with Crippen LogP contribution in [0.1, 0.15) is 18.4 Å². The number of piperidine rings is 1. The van der Waals surface area contributed by atoms with Crippen LogP contribution in [0.2, 0.25) is 0 Å². The van der Waals surface area contributed by atoms with Crippen LogP contribution < -0.4 is 5.32 Å². The highest BCUT2D eigenvalue weighted by molar-refractivity contribution is 14.1. The van der Waals surface area contributed by atoms with Gasteiger partial charge in [0.15, 0.2) is 0 Å². The standard InChI is InChI=1S/C15H19IN2O2/c1-11-8-13(16)2-3-14(11)17-15(20)9-18-6-4-12(10-19)5-7-18/h2-3,8,10,12H,4-7,9H2,1H3,(H,17,20). The zero-order chi connectivity index (χ0) is 14.5. The quantitative estimate of drug-likeness (QED) is 0.639. The molecule has 1 saturated heterocycles. The van der Waals surface area contributed by atoms with Gasteiger partial charge >= 0.3 is 0 Å². The maximum absolute atomic E-state index is 12.0. The number of hydrogen-bond acceptors (Lipinski definition) is 3. The molecule has 1 N–H and O–H groups in total. The third-order valence-corrected chi connectivity index (χ3v) is 4.33. The second kappa shape index (κ2) is 7.17. The minimum Gasteiger partial charge on any atom is -0.325 e. The number of aryl methyl sites for hydroxylation is 1. The third kappa shape index (κ3) is 4.28. The van der Waals surface area contributed by atoms with Crippen LogP contribution in [-0.4, -0.2) is 36.7 Å². The Kier molecular flexibility index (Phi) is 5.54. The number of likely N-dealkylation sites (tertiary alicyclic amines) is 1. The average molecular weight is 386 g/mol. The van der Waals surface area contributed by atoms with Crippen molar-refractivity contribution < 1.29 is 9.59 Å². The summed E-state index contributed by atoms with van der Waals surface area (Å²) in [7, 11) is 0. The molecule has 0 aromatic heterocycles. The minimum atomic E-state index is 0.0128. The number of carbonyl (C=O) groups is 2. The predicted octanol–water partition coefficient (Wildman–Crippen LogP) is 2.45. The highest BCUT2D eigenvalue weighted by Crippen LogP contribution is 2.18. The topological polar surface area (TPSA) is 49.4 Å². The second-order valence-corrected chi connectivity index (χ2v) is 6.50. The van der Waals surface area contributed by atoms with Gasteiger partial charge in [0.05, 0.1) is 6.54 Å². The summed E-state index contributed by atoms with van der Waals surface area (Å²) in [6.07, 6.45) is 2.75. The van der Waals surface area contributed by atoms with Crippen molar-refractivity contribution in [2.45, 2.75) is 19.8 Å². The summed E-state index contributed by atoms with van der Waals surface area (Å²) in [6.45, 7) is 4.04. The van der Waals surface area contributed by atoms with Crippen LogP contribution in [0.5, 0.6) is 0 Å². The average Bonchev–Trinajstić information content (AvgIpc) is 2.43. The predicted molar refractivity (Wildman–Crippen MR) is 87.8 cm³/mol. The van der Waals surface area contributed by atoms with E-state index in [-0.39, 0.29) is 11.8 Å². The van der Waals surface area contributed by atoms with E-state index < -0.39 is 0 Å². The number of hydrogen-bond donors (Lipinski definition) is 1. The van der Waals surface area contributed by atoms with Gasteiger partial charge in [0, 0.05) is 15.2 Å². The van der Waals surface area contributed by atoms with Crippen molar-refractivity contribution in [3.05, 3.63) is 27.3 Å². The first kappa shape index (κ1) is 15.4. The van der Waals surface area contributed by atoms with E-state index in [9.17, 15) is 9.59 Å². The van der Waals surface area contributed by atoms with Gasteiger partial charge in [-0.3, -0.25) is 9.69 Å². The first-order valence-corrected chi connectivity index (χ1v) is 7.90. The van der Waals surface area contributed by atoms with Crippen LogP contribution in [-0.2, 0) is 9.59 Å². The summed E-state index contributed by atoms with van der Waals surface area (Å²) < 4.78 is 1.16. The molecule has 1 heterocycles. The zero-order valence-corrected chi connectivity index (χ0v) is 13.7. The maximum Gasteiger partial charge on any atom is 0.238 e. The monoisotopic (exact) mass is 386 g/mol. The lowest BCUT2D eigenvalue weighted by Crippen LogP contribution is -2.39. The van der Waals surface area contributed by atoms with E-state index in [4.69, 9.17) is 0 Å². The SMILES string of the molecule is Cc1cc(I)ccc1NC(=O)CN1CCC(C=O)CC1. The first-order valence-electron chi connectivity index (χ1n) is 6.82. The molecule has 2 rings (SSSR count). The Balaban J connectivity index is 1.85. The number of carbonyl (C=O) groups excluding carboxylic acids is 2. The van der Waals surface area contributed by atoms with Gasteiger partial charge in [-0.05, 0) is 79.2 Å². The van der Waals surface area contributed by atoms with E-state index in [1.807, 2.05) is 25.1 Å². The maximum atomic E-state index is 12.0. The Labute approximate surface area is 133 Å². The molecule has 1 aromatic rings. The highest BCUT2D eigenvalue weighted by Gasteiger charge is 2.20. The summed E-state index contributed by atoms with van der Waals surface area (Å²) in [5.74, 6) is 0.187. The van der Waals surface area contributed by atoms with E-state index in [2.05, 4.69) is 32.8 Å². The molecule has 0 unspecified atom stereocenters. The van der Waals surface area contributed by atoms with Gasteiger partial charge in [-0.1, -0.05) is 0 Å². The van der Waals surface area contributed by atoms with Crippen LogP contribution in [0.3, 0.4) is 0 Å². The Bertz CT molecular complexity index is 497. The number of rotatable bonds is 4. The van der Waals surface area contributed by atoms with Crippen LogP contribution in [0, 0.1) is 16.4 Å². The van der Waals surface area contributed by atoms with Crippen molar-refractivity contribution in [1.82, 2.24) is 4.90 Å². The lowest BCUT2D eigenvalue weighted by atomic mass is 9.99. The number of aldehydes is 1. The van der Waals surface area contributed by atoms with Crippen molar-refractivity contribution >= 4 is 40.5 Å². The van der Waals surface area contributed by atoms with Crippen molar-refractivity contribution in [2.24, 2.45) is 5.92 Å². The zero-order valence-electron chi connectivity index (χ0n) is 11.6. The van der Waals surface area contributed by atoms with Crippen LogP contribution in [0.4, 0.5) is 5.69 Å². The van der Waals surface area contributed by atoms with Gasteiger partial charge < -0.3 is 10.1 Å². The number of benzene rings is 1. The van der Waals surface area contributed by atoms with Crippen molar-refractivity contribution in [3.8, 4) is 0 Å². The molecular weight excluding hydrogens is 367 g/mol. The summed E-state index contributed by atoms with van der Waals surface area (Å²) in [6, 6.07) is 5.97. The summed E-state index contributed by atoms with van der Waals surface area (Å²) in [5, 5.41) is 2.96. The lowest BCUT2D eigenvalue weighted by Gasteiger charge is -2.28. The molecule has 1 aliphatic rings. The fourth-order valence-corrected chi connectivity index (χ4v) is 3.05. The smallest absolute Gasteiger partial charge is 0.238 e.